The van der Waals surface area contributed by atoms with Crippen molar-refractivity contribution in [1.29, 1.82) is 0 Å². The molecule has 0 bridgehead atoms. The van der Waals surface area contributed by atoms with E-state index >= 15 is 0 Å². The molecule has 1 amide bonds. The number of nitrogens with zero attached hydrogens (tertiary/aromatic N) is 1. The van der Waals surface area contributed by atoms with Gasteiger partial charge in [0.15, 0.2) is 5.13 Å². The molecule has 1 saturated carbocycles. The molecule has 1 fully saturated rings. The summed E-state index contributed by atoms with van der Waals surface area (Å²) in [5, 5.41) is 3.64. The highest BCUT2D eigenvalue weighted by Gasteiger charge is 2.32. The Bertz CT molecular complexity index is 676. The highest BCUT2D eigenvalue weighted by molar-refractivity contribution is 7.22. The van der Waals surface area contributed by atoms with Crippen LogP contribution in [0.15, 0.2) is 18.2 Å². The zero-order valence-electron chi connectivity index (χ0n) is 13.1. The van der Waals surface area contributed by atoms with Crippen LogP contribution in [0.3, 0.4) is 0 Å². The number of ether oxygens (including phenoxy) is 1. The molecule has 0 radical (unpaired) electrons. The lowest BCUT2D eigenvalue weighted by Gasteiger charge is -2.16. The smallest absolute Gasteiger partial charge is 0.229 e. The number of anilines is 1. The van der Waals surface area contributed by atoms with E-state index in [0.29, 0.717) is 24.2 Å². The standard InChI is InChI=1S/C16H21N3O2S.ClH/c1-21-9-11-5-3-7-13-14(11)18-16(22-13)19-15(20)12-6-2-4-10(12)8-17;/h3,5,7,10,12H,2,4,6,8-9,17H2,1H3,(H,18,19,20);1H/t10-,12-;/m1./s1. The molecule has 7 heteroatoms. The Hall–Kier alpha value is -1.21. The van der Waals surface area contributed by atoms with Crippen LogP contribution in [0, 0.1) is 11.8 Å². The van der Waals surface area contributed by atoms with Gasteiger partial charge in [-0.1, -0.05) is 29.9 Å². The van der Waals surface area contributed by atoms with Crippen molar-refractivity contribution in [3.05, 3.63) is 23.8 Å². The van der Waals surface area contributed by atoms with Crippen LogP contribution in [0.4, 0.5) is 5.13 Å². The fraction of sp³-hybridized carbons (Fsp3) is 0.500. The number of para-hydroxylation sites is 1. The first kappa shape index (κ1) is 18.1. The second-order valence-corrected chi connectivity index (χ2v) is 6.77. The molecular weight excluding hydrogens is 334 g/mol. The third-order valence-electron chi connectivity index (χ3n) is 4.33. The fourth-order valence-electron chi connectivity index (χ4n) is 3.19. The summed E-state index contributed by atoms with van der Waals surface area (Å²) in [6.07, 6.45) is 3.05. The van der Waals surface area contributed by atoms with E-state index in [1.807, 2.05) is 18.2 Å². The van der Waals surface area contributed by atoms with Gasteiger partial charge in [-0.3, -0.25) is 4.79 Å². The summed E-state index contributed by atoms with van der Waals surface area (Å²) in [6, 6.07) is 6.00. The van der Waals surface area contributed by atoms with Gasteiger partial charge in [-0.05, 0) is 31.4 Å². The van der Waals surface area contributed by atoms with Crippen LogP contribution in [-0.4, -0.2) is 24.5 Å². The molecule has 1 aliphatic carbocycles. The van der Waals surface area contributed by atoms with Gasteiger partial charge in [0.05, 0.1) is 16.8 Å². The lowest BCUT2D eigenvalue weighted by atomic mass is 9.95. The Balaban J connectivity index is 0.00000192. The molecule has 1 aliphatic rings. The fourth-order valence-corrected chi connectivity index (χ4v) is 4.11. The summed E-state index contributed by atoms with van der Waals surface area (Å²) in [7, 11) is 1.67. The first-order valence-corrected chi connectivity index (χ1v) is 8.43. The summed E-state index contributed by atoms with van der Waals surface area (Å²) >= 11 is 1.50. The average molecular weight is 356 g/mol. The van der Waals surface area contributed by atoms with Crippen molar-refractivity contribution >= 4 is 45.0 Å². The van der Waals surface area contributed by atoms with E-state index in [0.717, 1.165) is 35.0 Å². The zero-order chi connectivity index (χ0) is 15.5. The van der Waals surface area contributed by atoms with Gasteiger partial charge >= 0.3 is 0 Å². The number of benzene rings is 1. The van der Waals surface area contributed by atoms with Gasteiger partial charge in [0.1, 0.15) is 0 Å². The van der Waals surface area contributed by atoms with E-state index in [1.54, 1.807) is 7.11 Å². The third-order valence-corrected chi connectivity index (χ3v) is 5.27. The zero-order valence-corrected chi connectivity index (χ0v) is 14.7. The second-order valence-electron chi connectivity index (χ2n) is 5.74. The van der Waals surface area contributed by atoms with Crippen LogP contribution in [0.5, 0.6) is 0 Å². The number of aromatic nitrogens is 1. The molecule has 5 nitrogen and oxygen atoms in total. The molecule has 0 saturated heterocycles. The highest BCUT2D eigenvalue weighted by atomic mass is 35.5. The Morgan fingerprint density at radius 1 is 1.48 bits per heavy atom. The van der Waals surface area contributed by atoms with Crippen LogP contribution < -0.4 is 11.1 Å². The monoisotopic (exact) mass is 355 g/mol. The van der Waals surface area contributed by atoms with Crippen molar-refractivity contribution in [3.8, 4) is 0 Å². The largest absolute Gasteiger partial charge is 0.380 e. The van der Waals surface area contributed by atoms with Gasteiger partial charge < -0.3 is 15.8 Å². The van der Waals surface area contributed by atoms with E-state index in [-0.39, 0.29) is 24.2 Å². The molecule has 2 aromatic rings. The highest BCUT2D eigenvalue weighted by Crippen LogP contribution is 2.33. The van der Waals surface area contributed by atoms with Crippen molar-refractivity contribution in [2.45, 2.75) is 25.9 Å². The molecule has 1 aromatic carbocycles. The Morgan fingerprint density at radius 3 is 3.04 bits per heavy atom. The molecule has 1 aromatic heterocycles. The number of nitrogens with two attached hydrogens (primary N) is 1. The number of carbonyl (C=O) groups excluding carboxylic acids is 1. The van der Waals surface area contributed by atoms with Crippen molar-refractivity contribution < 1.29 is 9.53 Å². The van der Waals surface area contributed by atoms with E-state index < -0.39 is 0 Å². The number of carbonyl (C=O) groups is 1. The predicted molar refractivity (Wildman–Crippen MR) is 96.1 cm³/mol. The summed E-state index contributed by atoms with van der Waals surface area (Å²) < 4.78 is 6.26. The lowest BCUT2D eigenvalue weighted by Crippen LogP contribution is -2.29. The Morgan fingerprint density at radius 2 is 2.30 bits per heavy atom. The minimum atomic E-state index is 0. The Kier molecular flexibility index (Phi) is 6.35. The number of methoxy groups -OCH3 is 1. The number of hydrogen-bond donors (Lipinski definition) is 2. The molecule has 0 unspecified atom stereocenters. The van der Waals surface area contributed by atoms with Gasteiger partial charge in [0, 0.05) is 18.6 Å². The van der Waals surface area contributed by atoms with Crippen molar-refractivity contribution in [1.82, 2.24) is 4.98 Å². The molecule has 3 N–H and O–H groups in total. The molecule has 126 valence electrons. The van der Waals surface area contributed by atoms with Crippen LogP contribution >= 0.6 is 23.7 Å². The van der Waals surface area contributed by atoms with Gasteiger partial charge in [-0.25, -0.2) is 4.98 Å². The normalized spacial score (nSPS) is 20.4. The molecule has 2 atom stereocenters. The Labute approximate surface area is 146 Å². The minimum Gasteiger partial charge on any atom is -0.380 e. The number of hydrogen-bond acceptors (Lipinski definition) is 5. The summed E-state index contributed by atoms with van der Waals surface area (Å²) in [5.41, 5.74) is 7.71. The number of rotatable bonds is 5. The van der Waals surface area contributed by atoms with Crippen LogP contribution in [0.25, 0.3) is 10.2 Å². The summed E-state index contributed by atoms with van der Waals surface area (Å²) in [6.45, 7) is 1.10. The van der Waals surface area contributed by atoms with Crippen molar-refractivity contribution in [2.24, 2.45) is 17.6 Å². The first-order chi connectivity index (χ1) is 10.7. The van der Waals surface area contributed by atoms with Gasteiger partial charge in [-0.15, -0.1) is 12.4 Å². The van der Waals surface area contributed by atoms with Crippen LogP contribution in [0.1, 0.15) is 24.8 Å². The maximum absolute atomic E-state index is 12.4. The predicted octanol–water partition coefficient (Wildman–Crippen LogP) is 3.18. The lowest BCUT2D eigenvalue weighted by molar-refractivity contribution is -0.120. The maximum atomic E-state index is 12.4. The molecule has 1 heterocycles. The van der Waals surface area contributed by atoms with Crippen molar-refractivity contribution in [3.63, 3.8) is 0 Å². The average Bonchev–Trinajstić information content (AvgIpc) is 3.13. The maximum Gasteiger partial charge on any atom is 0.229 e. The van der Waals surface area contributed by atoms with Gasteiger partial charge in [0.25, 0.3) is 0 Å². The SMILES string of the molecule is COCc1cccc2sc(NC(=O)[C@@H]3CCC[C@@H]3CN)nc12.Cl. The molecule has 23 heavy (non-hydrogen) atoms. The van der Waals surface area contributed by atoms with E-state index in [1.165, 1.54) is 11.3 Å². The van der Waals surface area contributed by atoms with E-state index in [9.17, 15) is 4.79 Å². The third kappa shape index (κ3) is 3.83. The molecule has 0 spiro atoms. The van der Waals surface area contributed by atoms with Gasteiger partial charge in [0.2, 0.25) is 5.91 Å². The molecule has 3 rings (SSSR count). The van der Waals surface area contributed by atoms with Crippen LogP contribution in [0.2, 0.25) is 0 Å². The van der Waals surface area contributed by atoms with E-state index in [2.05, 4.69) is 10.3 Å². The minimum absolute atomic E-state index is 0. The number of halogens is 1. The molecule has 0 aliphatic heterocycles. The topological polar surface area (TPSA) is 77.2 Å². The van der Waals surface area contributed by atoms with E-state index in [4.69, 9.17) is 10.5 Å². The first-order valence-electron chi connectivity index (χ1n) is 7.61. The number of nitrogens with one attached hydrogen (secondary N) is 1. The van der Waals surface area contributed by atoms with Crippen molar-refractivity contribution in [2.75, 3.05) is 19.0 Å². The van der Waals surface area contributed by atoms with Crippen LogP contribution in [-0.2, 0) is 16.1 Å². The summed E-state index contributed by atoms with van der Waals surface area (Å²) in [4.78, 5) is 17.0. The number of thiazole rings is 1. The number of fused-ring (bicyclic) bond motifs is 1. The summed E-state index contributed by atoms with van der Waals surface area (Å²) in [5.74, 6) is 0.384. The molecular formula is C16H22ClN3O2S. The quantitative estimate of drug-likeness (QED) is 0.863. The second kappa shape index (κ2) is 8.06. The van der Waals surface area contributed by atoms with Gasteiger partial charge in [-0.2, -0.15) is 0 Å². The number of amides is 1.